The summed E-state index contributed by atoms with van der Waals surface area (Å²) in [6, 6.07) is 9.03. The molecule has 7 heteroatoms. The molecular formula is C23H29Cl2N3O2. The van der Waals surface area contributed by atoms with Crippen LogP contribution in [0.25, 0.3) is 0 Å². The summed E-state index contributed by atoms with van der Waals surface area (Å²) in [6.07, 6.45) is 0.915. The fraction of sp³-hybridized carbons (Fsp3) is 0.478. The maximum Gasteiger partial charge on any atom is 0.127 e. The fourth-order valence-electron chi connectivity index (χ4n) is 3.63. The lowest BCUT2D eigenvalue weighted by molar-refractivity contribution is 0.152. The number of piperazine rings is 1. The molecule has 0 aromatic heterocycles. The van der Waals surface area contributed by atoms with Crippen molar-refractivity contribution < 1.29 is 21.2 Å². The van der Waals surface area contributed by atoms with Crippen molar-refractivity contribution in [2.75, 3.05) is 48.9 Å². The van der Waals surface area contributed by atoms with E-state index in [2.05, 4.69) is 0 Å². The Kier molecular flexibility index (Phi) is 4.40. The highest BCUT2D eigenvalue weighted by Crippen LogP contribution is 2.34. The number of fused-ring (bicyclic) bond motifs is 1. The highest BCUT2D eigenvalue weighted by molar-refractivity contribution is 6.43. The summed E-state index contributed by atoms with van der Waals surface area (Å²) in [5.74, 6) is 0.0615. The van der Waals surface area contributed by atoms with Gasteiger partial charge in [-0.2, -0.15) is 0 Å². The molecule has 2 heterocycles. The summed E-state index contributed by atoms with van der Waals surface area (Å²) in [5, 5.41) is 20.2. The van der Waals surface area contributed by atoms with E-state index in [4.69, 9.17) is 34.2 Å². The zero-order valence-electron chi connectivity index (χ0n) is 24.3. The first kappa shape index (κ1) is 13.7. The monoisotopic (exact) mass is 457 g/mol. The molecule has 2 aromatic carbocycles. The first-order valence-corrected chi connectivity index (χ1v) is 10.6. The van der Waals surface area contributed by atoms with E-state index in [1.807, 2.05) is 0 Å². The predicted molar refractivity (Wildman–Crippen MR) is 124 cm³/mol. The molecule has 1 fully saturated rings. The maximum atomic E-state index is 10.5. The van der Waals surface area contributed by atoms with Gasteiger partial charge in [-0.05, 0) is 56.0 Å². The van der Waals surface area contributed by atoms with Crippen molar-refractivity contribution in [2.24, 2.45) is 0 Å². The lowest BCUT2D eigenvalue weighted by Gasteiger charge is -2.37. The number of phenols is 1. The van der Waals surface area contributed by atoms with Crippen molar-refractivity contribution in [1.29, 1.82) is 0 Å². The van der Waals surface area contributed by atoms with E-state index in [-0.39, 0.29) is 34.4 Å². The van der Waals surface area contributed by atoms with Crippen LogP contribution in [0.4, 0.5) is 11.4 Å². The molecule has 2 aromatic rings. The normalized spacial score (nSPS) is 30.4. The number of rotatable bonds is 6. The number of anilines is 2. The van der Waals surface area contributed by atoms with Gasteiger partial charge >= 0.3 is 0 Å². The van der Waals surface area contributed by atoms with Gasteiger partial charge in [-0.15, -0.1) is 0 Å². The molecule has 2 aliphatic heterocycles. The van der Waals surface area contributed by atoms with Gasteiger partial charge in [-0.25, -0.2) is 0 Å². The van der Waals surface area contributed by atoms with E-state index in [1.165, 1.54) is 18.2 Å². The third-order valence-corrected chi connectivity index (χ3v) is 6.02. The molecule has 0 aliphatic carbocycles. The number of nitrogens with zero attached hydrogens (tertiary/aromatic N) is 3. The zero-order chi connectivity index (χ0) is 28.3. The van der Waals surface area contributed by atoms with Gasteiger partial charge in [0.2, 0.25) is 0 Å². The van der Waals surface area contributed by atoms with E-state index >= 15 is 0 Å². The van der Waals surface area contributed by atoms with Crippen LogP contribution in [-0.4, -0.2) is 60.4 Å². The number of aliphatic hydroxyl groups excluding tert-OH is 1. The van der Waals surface area contributed by atoms with Crippen LogP contribution in [0.3, 0.4) is 0 Å². The van der Waals surface area contributed by atoms with E-state index in [0.717, 1.165) is 5.56 Å². The van der Waals surface area contributed by atoms with Crippen LogP contribution in [0.5, 0.6) is 5.75 Å². The lowest BCUT2D eigenvalue weighted by atomic mass is 10.00. The molecule has 2 aliphatic rings. The average molecular weight is 458 g/mol. The maximum absolute atomic E-state index is 10.5. The minimum Gasteiger partial charge on any atom is -0.508 e. The van der Waals surface area contributed by atoms with Crippen molar-refractivity contribution in [3.8, 4) is 5.75 Å². The molecule has 0 spiro atoms. The van der Waals surface area contributed by atoms with Gasteiger partial charge in [-0.1, -0.05) is 35.3 Å². The topological polar surface area (TPSA) is 50.2 Å². The van der Waals surface area contributed by atoms with Crippen LogP contribution < -0.4 is 9.80 Å². The molecule has 0 bridgehead atoms. The number of aryl methyl sites for hydroxylation is 1. The van der Waals surface area contributed by atoms with Crippen molar-refractivity contribution in [3.63, 3.8) is 0 Å². The minimum atomic E-state index is -3.05. The molecule has 2 N–H and O–H groups in total. The molecule has 162 valence electrons. The van der Waals surface area contributed by atoms with Crippen LogP contribution in [0.2, 0.25) is 10.0 Å². The van der Waals surface area contributed by atoms with Crippen LogP contribution >= 0.6 is 23.2 Å². The van der Waals surface area contributed by atoms with Gasteiger partial charge < -0.3 is 20.0 Å². The first-order valence-electron chi connectivity index (χ1n) is 13.8. The largest absolute Gasteiger partial charge is 0.508 e. The number of aliphatic hydroxyl groups is 1. The summed E-state index contributed by atoms with van der Waals surface area (Å²) in [7, 11) is 0. The molecular weight excluding hydrogens is 421 g/mol. The standard InChI is InChI=1S/C23H29Cl2N3O2/c24-19-4-3-5-20(23(19)25)27-14-12-26(13-15-27)10-1-2-11-28-21-16-18(29)8-6-17(21)7-9-22(28)30/h3-6,8,16,22,29-30H,1-2,7,9-15H2/i12D2,13D2,14D2,15D2. The second-order valence-corrected chi connectivity index (χ2v) is 8.03. The number of hydrogen-bond donors (Lipinski definition) is 2. The number of phenolic OH excluding ortho intramolecular Hbond substituents is 1. The first-order chi connectivity index (χ1) is 17.5. The summed E-state index contributed by atoms with van der Waals surface area (Å²) in [5.41, 5.74) is 1.40. The van der Waals surface area contributed by atoms with Crippen LogP contribution in [0.1, 0.15) is 35.8 Å². The molecule has 0 radical (unpaired) electrons. The van der Waals surface area contributed by atoms with E-state index in [1.54, 1.807) is 23.1 Å². The van der Waals surface area contributed by atoms with E-state index in [9.17, 15) is 10.2 Å². The molecule has 1 atom stereocenters. The number of benzene rings is 2. The second kappa shape index (κ2) is 9.65. The molecule has 0 saturated carbocycles. The quantitative estimate of drug-likeness (QED) is 0.630. The Morgan fingerprint density at radius 1 is 1.00 bits per heavy atom. The predicted octanol–water partition coefficient (Wildman–Crippen LogP) is 4.37. The van der Waals surface area contributed by atoms with Crippen LogP contribution in [0.15, 0.2) is 36.4 Å². The van der Waals surface area contributed by atoms with Gasteiger partial charge in [0, 0.05) is 49.8 Å². The molecule has 5 nitrogen and oxygen atoms in total. The van der Waals surface area contributed by atoms with E-state index in [0.29, 0.717) is 41.3 Å². The summed E-state index contributed by atoms with van der Waals surface area (Å²) in [4.78, 5) is 2.71. The van der Waals surface area contributed by atoms with Crippen molar-refractivity contribution in [1.82, 2.24) is 4.90 Å². The second-order valence-electron chi connectivity index (χ2n) is 7.24. The lowest BCUT2D eigenvalue weighted by Crippen LogP contribution is -2.47. The minimum absolute atomic E-state index is 0.00545. The SMILES string of the molecule is [2H]C1([2H])N(CCCCN2c3cc(O)ccc3CCC2O)C([2H])([2H])C([2H])([2H])N(c2cccc(Cl)c2Cl)C1([2H])[2H]. The summed E-state index contributed by atoms with van der Waals surface area (Å²) < 4.78 is 69.0. The average Bonchev–Trinajstić information content (AvgIpc) is 2.81. The molecule has 1 saturated heterocycles. The zero-order valence-corrected chi connectivity index (χ0v) is 17.8. The highest BCUT2D eigenvalue weighted by Gasteiger charge is 2.25. The van der Waals surface area contributed by atoms with Gasteiger partial charge in [-0.3, -0.25) is 4.90 Å². The summed E-state index contributed by atoms with van der Waals surface area (Å²) >= 11 is 12.3. The van der Waals surface area contributed by atoms with Crippen molar-refractivity contribution in [2.45, 2.75) is 31.9 Å². The Morgan fingerprint density at radius 3 is 2.57 bits per heavy atom. The third kappa shape index (κ3) is 4.80. The molecule has 4 rings (SSSR count). The highest BCUT2D eigenvalue weighted by atomic mass is 35.5. The number of halogens is 2. The molecule has 0 amide bonds. The Hall–Kier alpha value is -1.66. The smallest absolute Gasteiger partial charge is 0.127 e. The van der Waals surface area contributed by atoms with Crippen molar-refractivity contribution >= 4 is 34.6 Å². The Morgan fingerprint density at radius 2 is 1.77 bits per heavy atom. The Bertz CT molecular complexity index is 1180. The summed E-state index contributed by atoms with van der Waals surface area (Å²) in [6.45, 7) is -12.0. The Labute approximate surface area is 199 Å². The van der Waals surface area contributed by atoms with E-state index < -0.39 is 32.2 Å². The van der Waals surface area contributed by atoms with Crippen LogP contribution in [-0.2, 0) is 6.42 Å². The fourth-order valence-corrected chi connectivity index (χ4v) is 4.01. The van der Waals surface area contributed by atoms with Crippen LogP contribution in [0, 0.1) is 0 Å². The van der Waals surface area contributed by atoms with Gasteiger partial charge in [0.1, 0.15) is 12.0 Å². The number of unbranched alkanes of at least 4 members (excludes halogenated alkanes) is 1. The molecule has 30 heavy (non-hydrogen) atoms. The molecule has 1 unspecified atom stereocenters. The van der Waals surface area contributed by atoms with Crippen molar-refractivity contribution in [3.05, 3.63) is 52.0 Å². The van der Waals surface area contributed by atoms with Gasteiger partial charge in [0.15, 0.2) is 0 Å². The number of hydrogen-bond acceptors (Lipinski definition) is 5. The van der Waals surface area contributed by atoms with Gasteiger partial charge in [0.05, 0.1) is 21.2 Å². The Balaban J connectivity index is 1.56. The third-order valence-electron chi connectivity index (χ3n) is 5.21. The van der Waals surface area contributed by atoms with Gasteiger partial charge in [0.25, 0.3) is 0 Å². The number of aromatic hydroxyl groups is 1.